The first kappa shape index (κ1) is 24.6. The standard InChI is InChI=1S/C22H20ClN5O5S2/c1-35(31,32)11-10-33-20-17(8-9-24-22(20)30)14-2-4-16(5-3-14)28-13-15(26-27-28)12-25-21(29)18-6-7-19(23)34-18/h2-9,13H,10-12H2,1H3,(H,24,30)(H,25,29). The lowest BCUT2D eigenvalue weighted by Gasteiger charge is -2.11. The van der Waals surface area contributed by atoms with E-state index in [4.69, 9.17) is 16.3 Å². The number of hydrogen-bond donors (Lipinski definition) is 2. The number of rotatable bonds is 9. The van der Waals surface area contributed by atoms with Crippen LogP contribution < -0.4 is 15.6 Å². The molecule has 0 radical (unpaired) electrons. The zero-order chi connectivity index (χ0) is 25.0. The van der Waals surface area contributed by atoms with Crippen molar-refractivity contribution in [1.29, 1.82) is 0 Å². The smallest absolute Gasteiger partial charge is 0.290 e. The Balaban J connectivity index is 1.45. The van der Waals surface area contributed by atoms with Crippen LogP contribution in [0, 0.1) is 0 Å². The molecule has 1 aromatic carbocycles. The molecule has 0 aliphatic rings. The number of hydrogen-bond acceptors (Lipinski definition) is 8. The summed E-state index contributed by atoms with van der Waals surface area (Å²) in [6.07, 6.45) is 4.30. The molecule has 13 heteroatoms. The second-order valence-corrected chi connectivity index (χ2v) is 11.5. The van der Waals surface area contributed by atoms with Gasteiger partial charge in [0.05, 0.1) is 33.4 Å². The van der Waals surface area contributed by atoms with Gasteiger partial charge in [0, 0.05) is 18.0 Å². The number of thiophene rings is 1. The number of nitrogens with one attached hydrogen (secondary N) is 2. The topological polar surface area (TPSA) is 136 Å². The number of ether oxygens (including phenoxy) is 1. The summed E-state index contributed by atoms with van der Waals surface area (Å²) in [5, 5.41) is 11.0. The lowest BCUT2D eigenvalue weighted by Crippen LogP contribution is -2.21. The highest BCUT2D eigenvalue weighted by molar-refractivity contribution is 7.90. The van der Waals surface area contributed by atoms with Crippen molar-refractivity contribution in [2.24, 2.45) is 0 Å². The van der Waals surface area contributed by atoms with Gasteiger partial charge in [-0.1, -0.05) is 28.9 Å². The quantitative estimate of drug-likeness (QED) is 0.337. The average Bonchev–Trinajstić information content (AvgIpc) is 3.47. The normalized spacial score (nSPS) is 11.4. The van der Waals surface area contributed by atoms with Crippen LogP contribution in [-0.4, -0.2) is 52.9 Å². The van der Waals surface area contributed by atoms with Crippen molar-refractivity contribution in [2.45, 2.75) is 6.54 Å². The van der Waals surface area contributed by atoms with Crippen molar-refractivity contribution in [3.8, 4) is 22.6 Å². The van der Waals surface area contributed by atoms with Gasteiger partial charge in [-0.05, 0) is 35.9 Å². The Morgan fingerprint density at radius 2 is 1.97 bits per heavy atom. The van der Waals surface area contributed by atoms with E-state index in [0.29, 0.717) is 31.7 Å². The van der Waals surface area contributed by atoms with E-state index in [1.807, 2.05) is 0 Å². The molecule has 0 atom stereocenters. The van der Waals surface area contributed by atoms with Crippen LogP contribution >= 0.6 is 22.9 Å². The Hall–Kier alpha value is -3.48. The van der Waals surface area contributed by atoms with E-state index in [1.54, 1.807) is 53.3 Å². The third-order valence-electron chi connectivity index (χ3n) is 4.83. The second-order valence-electron chi connectivity index (χ2n) is 7.52. The van der Waals surface area contributed by atoms with Crippen LogP contribution in [0.15, 0.2) is 59.7 Å². The van der Waals surface area contributed by atoms with Crippen LogP contribution in [0.25, 0.3) is 16.8 Å². The summed E-state index contributed by atoms with van der Waals surface area (Å²) < 4.78 is 30.4. The van der Waals surface area contributed by atoms with Gasteiger partial charge in [0.25, 0.3) is 11.5 Å². The highest BCUT2D eigenvalue weighted by Gasteiger charge is 2.13. The van der Waals surface area contributed by atoms with Crippen LogP contribution in [0.1, 0.15) is 15.4 Å². The summed E-state index contributed by atoms with van der Waals surface area (Å²) in [6.45, 7) is 0.0716. The van der Waals surface area contributed by atoms with Crippen molar-refractivity contribution < 1.29 is 17.9 Å². The Bertz CT molecular complexity index is 1510. The summed E-state index contributed by atoms with van der Waals surface area (Å²) in [4.78, 5) is 27.5. The zero-order valence-electron chi connectivity index (χ0n) is 18.4. The monoisotopic (exact) mass is 533 g/mol. The number of carbonyl (C=O) groups excluding carboxylic acids is 1. The molecule has 0 bridgehead atoms. The number of pyridine rings is 1. The number of nitrogens with zero attached hydrogens (tertiary/aromatic N) is 3. The van der Waals surface area contributed by atoms with Gasteiger partial charge in [-0.25, -0.2) is 13.1 Å². The molecular formula is C22H20ClN5O5S2. The number of amides is 1. The van der Waals surface area contributed by atoms with Gasteiger partial charge in [0.2, 0.25) is 0 Å². The van der Waals surface area contributed by atoms with Gasteiger partial charge in [-0.15, -0.1) is 16.4 Å². The summed E-state index contributed by atoms with van der Waals surface area (Å²) in [5.41, 5.74) is 2.07. The molecule has 4 rings (SSSR count). The highest BCUT2D eigenvalue weighted by atomic mass is 35.5. The van der Waals surface area contributed by atoms with E-state index in [0.717, 1.165) is 6.26 Å². The van der Waals surface area contributed by atoms with E-state index in [9.17, 15) is 18.0 Å². The zero-order valence-corrected chi connectivity index (χ0v) is 20.8. The lowest BCUT2D eigenvalue weighted by molar-refractivity contribution is 0.0954. The Labute approximate surface area is 209 Å². The number of sulfone groups is 1. The van der Waals surface area contributed by atoms with E-state index < -0.39 is 15.4 Å². The fourth-order valence-corrected chi connectivity index (χ4v) is 4.47. The minimum Gasteiger partial charge on any atom is -0.486 e. The lowest BCUT2D eigenvalue weighted by atomic mass is 10.1. The van der Waals surface area contributed by atoms with E-state index >= 15 is 0 Å². The number of carbonyl (C=O) groups is 1. The Morgan fingerprint density at radius 3 is 2.66 bits per heavy atom. The minimum absolute atomic E-state index is 0.0507. The molecule has 2 N–H and O–H groups in total. The maximum absolute atomic E-state index is 12.3. The fraction of sp³-hybridized carbons (Fsp3) is 0.182. The maximum atomic E-state index is 12.3. The number of benzene rings is 1. The SMILES string of the molecule is CS(=O)(=O)CCOc1c(-c2ccc(-n3cc(CNC(=O)c4ccc(Cl)s4)nn3)cc2)cc[nH]c1=O. The fourth-order valence-electron chi connectivity index (χ4n) is 3.12. The first-order valence-corrected chi connectivity index (χ1v) is 13.5. The van der Waals surface area contributed by atoms with Gasteiger partial charge < -0.3 is 15.0 Å². The van der Waals surface area contributed by atoms with Crippen molar-refractivity contribution in [1.82, 2.24) is 25.3 Å². The largest absolute Gasteiger partial charge is 0.486 e. The molecule has 0 unspecified atom stereocenters. The molecule has 0 spiro atoms. The molecule has 0 saturated carbocycles. The van der Waals surface area contributed by atoms with Gasteiger partial charge in [-0.2, -0.15) is 0 Å². The highest BCUT2D eigenvalue weighted by Crippen LogP contribution is 2.27. The van der Waals surface area contributed by atoms with Gasteiger partial charge in [0.15, 0.2) is 15.6 Å². The van der Waals surface area contributed by atoms with Crippen LogP contribution in [0.4, 0.5) is 0 Å². The van der Waals surface area contributed by atoms with Crippen LogP contribution in [0.3, 0.4) is 0 Å². The molecule has 0 saturated heterocycles. The first-order chi connectivity index (χ1) is 16.7. The predicted molar refractivity (Wildman–Crippen MR) is 133 cm³/mol. The number of halogens is 1. The maximum Gasteiger partial charge on any atom is 0.290 e. The van der Waals surface area contributed by atoms with Crippen molar-refractivity contribution in [2.75, 3.05) is 18.6 Å². The number of H-pyrrole nitrogens is 1. The third-order valence-corrected chi connectivity index (χ3v) is 6.96. The molecule has 182 valence electrons. The summed E-state index contributed by atoms with van der Waals surface area (Å²) in [5.74, 6) is -0.390. The average molecular weight is 534 g/mol. The molecule has 0 fully saturated rings. The van der Waals surface area contributed by atoms with Gasteiger partial charge in [0.1, 0.15) is 12.3 Å². The Morgan fingerprint density at radius 1 is 1.20 bits per heavy atom. The van der Waals surface area contributed by atoms with Gasteiger partial charge in [-0.3, -0.25) is 9.59 Å². The molecule has 4 aromatic rings. The molecule has 1 amide bonds. The van der Waals surface area contributed by atoms with Crippen LogP contribution in [-0.2, 0) is 16.4 Å². The number of aromatic nitrogens is 4. The van der Waals surface area contributed by atoms with Crippen LogP contribution in [0.5, 0.6) is 5.75 Å². The predicted octanol–water partition coefficient (Wildman–Crippen LogP) is 2.69. The second kappa shape index (κ2) is 10.4. The third kappa shape index (κ3) is 6.35. The first-order valence-electron chi connectivity index (χ1n) is 10.3. The molecule has 0 aliphatic heterocycles. The molecule has 3 heterocycles. The molecule has 3 aromatic heterocycles. The number of aromatic amines is 1. The summed E-state index contributed by atoms with van der Waals surface area (Å²) >= 11 is 7.06. The van der Waals surface area contributed by atoms with Crippen molar-refractivity contribution >= 4 is 38.7 Å². The molecule has 0 aliphatic carbocycles. The molecule has 35 heavy (non-hydrogen) atoms. The summed E-state index contributed by atoms with van der Waals surface area (Å²) in [6, 6.07) is 12.2. The minimum atomic E-state index is -3.22. The van der Waals surface area contributed by atoms with Crippen molar-refractivity contribution in [3.05, 3.63) is 80.1 Å². The van der Waals surface area contributed by atoms with E-state index in [2.05, 4.69) is 20.6 Å². The van der Waals surface area contributed by atoms with E-state index in [-0.39, 0.29) is 30.6 Å². The van der Waals surface area contributed by atoms with E-state index in [1.165, 1.54) is 17.5 Å². The summed E-state index contributed by atoms with van der Waals surface area (Å²) in [7, 11) is -3.22. The molecule has 10 nitrogen and oxygen atoms in total. The van der Waals surface area contributed by atoms with Crippen molar-refractivity contribution in [3.63, 3.8) is 0 Å². The van der Waals surface area contributed by atoms with Gasteiger partial charge >= 0.3 is 0 Å². The Kier molecular flexibility index (Phi) is 7.34. The molecular weight excluding hydrogens is 514 g/mol. The van der Waals surface area contributed by atoms with Crippen LogP contribution in [0.2, 0.25) is 4.34 Å².